The van der Waals surface area contributed by atoms with Gasteiger partial charge in [0.15, 0.2) is 0 Å². The highest BCUT2D eigenvalue weighted by atomic mass is 17.0. The second-order valence-corrected chi connectivity index (χ2v) is 8.04. The van der Waals surface area contributed by atoms with Gasteiger partial charge in [0.1, 0.15) is 0 Å². The lowest BCUT2D eigenvalue weighted by Gasteiger charge is -2.46. The Bertz CT molecular complexity index is 457. The number of carboxylic acids is 1. The van der Waals surface area contributed by atoms with Crippen molar-refractivity contribution in [3.05, 3.63) is 0 Å². The zero-order valence-electron chi connectivity index (χ0n) is 12.4. The molecule has 0 aromatic carbocycles. The third-order valence-electron chi connectivity index (χ3n) is 6.43. The first-order chi connectivity index (χ1) is 9.35. The second kappa shape index (κ2) is 3.58. The van der Waals surface area contributed by atoms with E-state index in [-0.39, 0.29) is 5.41 Å². The summed E-state index contributed by atoms with van der Waals surface area (Å²) < 4.78 is 11.4. The summed E-state index contributed by atoms with van der Waals surface area (Å²) in [6.45, 7) is 4.18. The Hall–Kier alpha value is -0.610. The quantitative estimate of drug-likeness (QED) is 0.806. The number of carbonyl (C=O) groups is 1. The van der Waals surface area contributed by atoms with Crippen LogP contribution in [0.4, 0.5) is 0 Å². The standard InChI is InChI=1S/C16H24O4/c1-13(2)9-15-16(19-15,20-15)10-14(13,12(17)18)8-11-6-4-3-5-7-11/h11H,3-10H2,1-2H3,(H,17,18). The van der Waals surface area contributed by atoms with E-state index in [4.69, 9.17) is 9.47 Å². The average molecular weight is 280 g/mol. The van der Waals surface area contributed by atoms with Gasteiger partial charge in [-0.2, -0.15) is 0 Å². The van der Waals surface area contributed by atoms with Crippen LogP contribution in [0.2, 0.25) is 0 Å². The van der Waals surface area contributed by atoms with Crippen molar-refractivity contribution in [3.8, 4) is 0 Å². The molecular weight excluding hydrogens is 256 g/mol. The number of ether oxygens (including phenoxy) is 2. The molecule has 0 aromatic rings. The van der Waals surface area contributed by atoms with Crippen LogP contribution in [-0.4, -0.2) is 22.7 Å². The van der Waals surface area contributed by atoms with E-state index in [9.17, 15) is 9.90 Å². The van der Waals surface area contributed by atoms with Gasteiger partial charge < -0.3 is 14.6 Å². The molecule has 1 unspecified atom stereocenters. The van der Waals surface area contributed by atoms with Crippen molar-refractivity contribution in [2.75, 3.05) is 0 Å². The van der Waals surface area contributed by atoms with Crippen molar-refractivity contribution in [1.82, 2.24) is 0 Å². The SMILES string of the molecule is CC1(C)CC23OC2(CC1(CC1CCCCC1)C(=O)O)O3. The number of hydrogen-bond donors (Lipinski definition) is 1. The summed E-state index contributed by atoms with van der Waals surface area (Å²) in [5.41, 5.74) is -0.960. The molecule has 0 amide bonds. The van der Waals surface area contributed by atoms with Gasteiger partial charge in [-0.3, -0.25) is 4.79 Å². The molecule has 1 atom stereocenters. The van der Waals surface area contributed by atoms with Gasteiger partial charge in [-0.25, -0.2) is 0 Å². The minimum absolute atomic E-state index is 0.271. The van der Waals surface area contributed by atoms with Gasteiger partial charge >= 0.3 is 5.97 Å². The van der Waals surface area contributed by atoms with Gasteiger partial charge in [0.25, 0.3) is 0 Å². The van der Waals surface area contributed by atoms with Gasteiger partial charge in [-0.1, -0.05) is 46.0 Å². The van der Waals surface area contributed by atoms with Crippen LogP contribution in [0.15, 0.2) is 0 Å². The maximum absolute atomic E-state index is 12.2. The van der Waals surface area contributed by atoms with Crippen LogP contribution in [-0.2, 0) is 14.3 Å². The Kier molecular flexibility index (Phi) is 2.34. The molecule has 20 heavy (non-hydrogen) atoms. The lowest BCUT2D eigenvalue weighted by Crippen LogP contribution is -2.50. The zero-order valence-corrected chi connectivity index (χ0v) is 12.4. The summed E-state index contributed by atoms with van der Waals surface area (Å²) in [4.78, 5) is 12.2. The first-order valence-corrected chi connectivity index (χ1v) is 7.99. The molecular formula is C16H24O4. The molecule has 112 valence electrons. The molecule has 2 aliphatic carbocycles. The smallest absolute Gasteiger partial charge is 0.310 e. The fraction of sp³-hybridized carbons (Fsp3) is 0.938. The molecule has 4 aliphatic rings. The normalized spacial score (nSPS) is 49.1. The maximum Gasteiger partial charge on any atom is 0.310 e. The molecule has 4 fully saturated rings. The first-order valence-electron chi connectivity index (χ1n) is 7.99. The number of hydrogen-bond acceptors (Lipinski definition) is 3. The minimum Gasteiger partial charge on any atom is -0.481 e. The van der Waals surface area contributed by atoms with Crippen molar-refractivity contribution in [3.63, 3.8) is 0 Å². The highest BCUT2D eigenvalue weighted by molar-refractivity contribution is 5.77. The van der Waals surface area contributed by atoms with E-state index in [2.05, 4.69) is 13.8 Å². The zero-order chi connectivity index (χ0) is 14.2. The van der Waals surface area contributed by atoms with Crippen molar-refractivity contribution in [2.24, 2.45) is 16.7 Å². The van der Waals surface area contributed by atoms with Gasteiger partial charge in [0, 0.05) is 12.8 Å². The predicted octanol–water partition coefficient (Wildman–Crippen LogP) is 3.30. The van der Waals surface area contributed by atoms with Crippen LogP contribution < -0.4 is 0 Å². The number of epoxide rings is 2. The van der Waals surface area contributed by atoms with E-state index < -0.39 is 23.0 Å². The molecule has 4 nitrogen and oxygen atoms in total. The third kappa shape index (κ3) is 1.47. The van der Waals surface area contributed by atoms with Crippen molar-refractivity contribution in [1.29, 1.82) is 0 Å². The van der Waals surface area contributed by atoms with E-state index in [0.717, 1.165) is 12.8 Å². The number of aliphatic carboxylic acids is 1. The molecule has 0 radical (unpaired) electrons. The van der Waals surface area contributed by atoms with Crippen molar-refractivity contribution < 1.29 is 19.4 Å². The molecule has 2 saturated heterocycles. The fourth-order valence-electron chi connectivity index (χ4n) is 4.98. The molecule has 0 aromatic heterocycles. The highest BCUT2D eigenvalue weighted by Gasteiger charge is 2.95. The van der Waals surface area contributed by atoms with Crippen LogP contribution >= 0.6 is 0 Å². The summed E-state index contributed by atoms with van der Waals surface area (Å²) in [5, 5.41) is 10.0. The Morgan fingerprint density at radius 2 is 1.70 bits per heavy atom. The first kappa shape index (κ1) is 13.1. The second-order valence-electron chi connectivity index (χ2n) is 8.04. The van der Waals surface area contributed by atoms with E-state index in [1.807, 2.05) is 0 Å². The molecule has 4 heteroatoms. The number of rotatable bonds is 3. The average Bonchev–Trinajstić information content (AvgIpc) is 3.14. The lowest BCUT2D eigenvalue weighted by atomic mass is 9.54. The molecule has 2 heterocycles. The van der Waals surface area contributed by atoms with Crippen LogP contribution in [0, 0.1) is 16.7 Å². The van der Waals surface area contributed by atoms with Gasteiger partial charge in [-0.15, -0.1) is 0 Å². The third-order valence-corrected chi connectivity index (χ3v) is 6.43. The largest absolute Gasteiger partial charge is 0.481 e. The molecule has 4 rings (SSSR count). The van der Waals surface area contributed by atoms with E-state index >= 15 is 0 Å². The summed E-state index contributed by atoms with van der Waals surface area (Å²) in [5.74, 6) is -1.01. The van der Waals surface area contributed by atoms with Crippen molar-refractivity contribution >= 4 is 5.97 Å². The van der Waals surface area contributed by atoms with E-state index in [0.29, 0.717) is 12.3 Å². The van der Waals surface area contributed by atoms with E-state index in [1.165, 1.54) is 32.1 Å². The van der Waals surface area contributed by atoms with Crippen LogP contribution in [0.5, 0.6) is 0 Å². The Morgan fingerprint density at radius 1 is 1.10 bits per heavy atom. The summed E-state index contributed by atoms with van der Waals surface area (Å²) in [7, 11) is 0. The highest BCUT2D eigenvalue weighted by Crippen LogP contribution is 2.81. The summed E-state index contributed by atoms with van der Waals surface area (Å²) in [6.07, 6.45) is 8.23. The lowest BCUT2D eigenvalue weighted by molar-refractivity contribution is -0.163. The molecule has 0 bridgehead atoms. The Balaban J connectivity index is 1.63. The predicted molar refractivity (Wildman–Crippen MR) is 71.9 cm³/mol. The van der Waals surface area contributed by atoms with Gasteiger partial charge in [0.2, 0.25) is 11.6 Å². The molecule has 2 aliphatic heterocycles. The van der Waals surface area contributed by atoms with Gasteiger partial charge in [-0.05, 0) is 17.8 Å². The monoisotopic (exact) mass is 280 g/mol. The Morgan fingerprint density at radius 3 is 2.30 bits per heavy atom. The van der Waals surface area contributed by atoms with E-state index in [1.54, 1.807) is 0 Å². The molecule has 1 N–H and O–H groups in total. The number of carboxylic acid groups (broad SMARTS) is 1. The van der Waals surface area contributed by atoms with Crippen LogP contribution in [0.25, 0.3) is 0 Å². The van der Waals surface area contributed by atoms with Crippen LogP contribution in [0.3, 0.4) is 0 Å². The topological polar surface area (TPSA) is 62.4 Å². The molecule has 2 saturated carbocycles. The van der Waals surface area contributed by atoms with Crippen molar-refractivity contribution in [2.45, 2.75) is 76.8 Å². The fourth-order valence-corrected chi connectivity index (χ4v) is 4.98. The van der Waals surface area contributed by atoms with Gasteiger partial charge in [0.05, 0.1) is 5.41 Å². The summed E-state index contributed by atoms with van der Waals surface area (Å²) >= 11 is 0. The minimum atomic E-state index is -0.689. The molecule has 0 spiro atoms. The maximum atomic E-state index is 12.2. The van der Waals surface area contributed by atoms with Crippen LogP contribution in [0.1, 0.15) is 65.2 Å². The Labute approximate surface area is 119 Å². The summed E-state index contributed by atoms with van der Waals surface area (Å²) in [6, 6.07) is 0.